The molecule has 0 aliphatic heterocycles. The van der Waals surface area contributed by atoms with Crippen LogP contribution < -0.4 is 5.43 Å². The van der Waals surface area contributed by atoms with Crippen LogP contribution in [0, 0.1) is 11.3 Å². The van der Waals surface area contributed by atoms with Gasteiger partial charge in [0.05, 0.1) is 22.8 Å². The molecule has 0 bridgehead atoms. The second kappa shape index (κ2) is 6.82. The van der Waals surface area contributed by atoms with Crippen LogP contribution in [-0.4, -0.2) is 15.6 Å². The van der Waals surface area contributed by atoms with Gasteiger partial charge in [-0.25, -0.2) is 4.98 Å². The fourth-order valence-corrected chi connectivity index (χ4v) is 4.07. The topological polar surface area (TPSA) is 65.5 Å². The monoisotopic (exact) mass is 365 g/mol. The Hall–Kier alpha value is -3.65. The Bertz CT molecular complexity index is 1250. The van der Waals surface area contributed by atoms with E-state index in [9.17, 15) is 5.26 Å². The smallest absolute Gasteiger partial charge is 0.157 e. The second-order valence-electron chi connectivity index (χ2n) is 7.04. The highest BCUT2D eigenvalue weighted by atomic mass is 15.3. The van der Waals surface area contributed by atoms with Gasteiger partial charge in [0.15, 0.2) is 5.65 Å². The number of hydrogen-bond donors (Lipinski definition) is 1. The number of fused-ring (bicyclic) bond motifs is 4. The number of rotatable bonds is 3. The minimum absolute atomic E-state index is 0.698. The fourth-order valence-electron chi connectivity index (χ4n) is 4.07. The van der Waals surface area contributed by atoms with Gasteiger partial charge in [0.25, 0.3) is 0 Å². The molecule has 2 heterocycles. The molecule has 0 atom stereocenters. The van der Waals surface area contributed by atoms with E-state index in [-0.39, 0.29) is 0 Å². The summed E-state index contributed by atoms with van der Waals surface area (Å²) in [5.41, 5.74) is 9.89. The SMILES string of the molecule is N#Cc1c2c(c(N/N=C/c3ccccc3)n3c1nc1ccccc13)CCCC2. The normalized spacial score (nSPS) is 13.7. The first-order valence-electron chi connectivity index (χ1n) is 9.56. The van der Waals surface area contributed by atoms with Crippen LogP contribution in [0.5, 0.6) is 0 Å². The molecule has 5 heteroatoms. The molecule has 0 amide bonds. The molecule has 5 nitrogen and oxygen atoms in total. The quantitative estimate of drug-likeness (QED) is 0.423. The maximum absolute atomic E-state index is 9.88. The summed E-state index contributed by atoms with van der Waals surface area (Å²) in [4.78, 5) is 4.77. The van der Waals surface area contributed by atoms with Crippen LogP contribution in [0.3, 0.4) is 0 Å². The van der Waals surface area contributed by atoms with Crippen molar-refractivity contribution >= 4 is 28.7 Å². The standard InChI is InChI=1S/C23H19N5/c24-14-19-17-10-4-5-11-18(17)23(27-25-15-16-8-2-1-3-9-16)28-21-13-7-6-12-20(21)26-22(19)28/h1-3,6-9,12-13,15,27H,4-5,10-11H2/b25-15+. The van der Waals surface area contributed by atoms with Crippen LogP contribution >= 0.6 is 0 Å². The predicted octanol–water partition coefficient (Wildman–Crippen LogP) is 4.68. The van der Waals surface area contributed by atoms with Crippen molar-refractivity contribution in [2.75, 3.05) is 5.43 Å². The summed E-state index contributed by atoms with van der Waals surface area (Å²) in [6, 6.07) is 20.4. The molecule has 1 aliphatic carbocycles. The number of anilines is 1. The molecule has 5 rings (SSSR count). The first-order chi connectivity index (χ1) is 13.9. The number of nitriles is 1. The lowest BCUT2D eigenvalue weighted by atomic mass is 9.89. The van der Waals surface area contributed by atoms with Crippen molar-refractivity contribution in [1.82, 2.24) is 9.38 Å². The van der Waals surface area contributed by atoms with E-state index in [2.05, 4.69) is 21.0 Å². The number of pyridine rings is 1. The third-order valence-corrected chi connectivity index (χ3v) is 5.36. The third-order valence-electron chi connectivity index (χ3n) is 5.36. The minimum atomic E-state index is 0.698. The van der Waals surface area contributed by atoms with Gasteiger partial charge in [-0.1, -0.05) is 42.5 Å². The molecule has 136 valence electrons. The maximum Gasteiger partial charge on any atom is 0.157 e. The molecule has 0 radical (unpaired) electrons. The molecule has 28 heavy (non-hydrogen) atoms. The van der Waals surface area contributed by atoms with Crippen molar-refractivity contribution in [2.24, 2.45) is 5.10 Å². The zero-order valence-corrected chi connectivity index (χ0v) is 15.4. The first kappa shape index (κ1) is 16.5. The van der Waals surface area contributed by atoms with E-state index in [4.69, 9.17) is 4.98 Å². The van der Waals surface area contributed by atoms with Gasteiger partial charge < -0.3 is 0 Å². The first-order valence-corrected chi connectivity index (χ1v) is 9.56. The zero-order chi connectivity index (χ0) is 18.9. The lowest BCUT2D eigenvalue weighted by Gasteiger charge is -2.22. The van der Waals surface area contributed by atoms with E-state index in [1.807, 2.05) is 60.8 Å². The van der Waals surface area contributed by atoms with E-state index < -0.39 is 0 Å². The third kappa shape index (κ3) is 2.62. The van der Waals surface area contributed by atoms with Crippen molar-refractivity contribution in [2.45, 2.75) is 25.7 Å². The van der Waals surface area contributed by atoms with Gasteiger partial charge in [0, 0.05) is 0 Å². The molecule has 1 aliphatic rings. The maximum atomic E-state index is 9.88. The molecule has 0 spiro atoms. The minimum Gasteiger partial charge on any atom is -0.276 e. The van der Waals surface area contributed by atoms with Gasteiger partial charge in [0.2, 0.25) is 0 Å². The Morgan fingerprint density at radius 1 is 1.00 bits per heavy atom. The summed E-state index contributed by atoms with van der Waals surface area (Å²) >= 11 is 0. The van der Waals surface area contributed by atoms with Gasteiger partial charge in [-0.3, -0.25) is 9.83 Å². The van der Waals surface area contributed by atoms with E-state index in [0.717, 1.165) is 53.7 Å². The number of aromatic nitrogens is 2. The number of nitrogens with zero attached hydrogens (tertiary/aromatic N) is 4. The van der Waals surface area contributed by atoms with E-state index in [0.29, 0.717) is 11.2 Å². The Balaban J connectivity index is 1.74. The Morgan fingerprint density at radius 2 is 1.75 bits per heavy atom. The predicted molar refractivity (Wildman–Crippen MR) is 112 cm³/mol. The van der Waals surface area contributed by atoms with Crippen molar-refractivity contribution in [1.29, 1.82) is 5.26 Å². The number of hydrogen-bond acceptors (Lipinski definition) is 4. The van der Waals surface area contributed by atoms with Crippen molar-refractivity contribution in [3.63, 3.8) is 0 Å². The van der Waals surface area contributed by atoms with Crippen LogP contribution in [0.1, 0.15) is 35.1 Å². The lowest BCUT2D eigenvalue weighted by Crippen LogP contribution is -2.13. The van der Waals surface area contributed by atoms with Gasteiger partial charge in [-0.05, 0) is 54.5 Å². The van der Waals surface area contributed by atoms with Crippen LogP contribution in [0.4, 0.5) is 5.82 Å². The summed E-state index contributed by atoms with van der Waals surface area (Å²) in [6.07, 6.45) is 5.89. The average molecular weight is 365 g/mol. The highest BCUT2D eigenvalue weighted by Crippen LogP contribution is 2.35. The number of para-hydroxylation sites is 2. The van der Waals surface area contributed by atoms with E-state index in [1.54, 1.807) is 0 Å². The summed E-state index contributed by atoms with van der Waals surface area (Å²) in [5.74, 6) is 0.921. The lowest BCUT2D eigenvalue weighted by molar-refractivity contribution is 0.681. The summed E-state index contributed by atoms with van der Waals surface area (Å²) < 4.78 is 2.06. The molecular weight excluding hydrogens is 346 g/mol. The number of imidazole rings is 1. The van der Waals surface area contributed by atoms with Crippen molar-refractivity contribution < 1.29 is 0 Å². The summed E-state index contributed by atoms with van der Waals surface area (Å²) in [7, 11) is 0. The fraction of sp³-hybridized carbons (Fsp3) is 0.174. The van der Waals surface area contributed by atoms with Crippen LogP contribution in [0.15, 0.2) is 59.7 Å². The molecule has 2 aromatic carbocycles. The number of hydrazone groups is 1. The molecule has 0 saturated carbocycles. The molecule has 0 saturated heterocycles. The largest absolute Gasteiger partial charge is 0.276 e. The Morgan fingerprint density at radius 3 is 2.57 bits per heavy atom. The van der Waals surface area contributed by atoms with Crippen molar-refractivity contribution in [3.8, 4) is 6.07 Å². The summed E-state index contributed by atoms with van der Waals surface area (Å²) in [6.45, 7) is 0. The average Bonchev–Trinajstić information content (AvgIpc) is 3.13. The van der Waals surface area contributed by atoms with Crippen LogP contribution in [-0.2, 0) is 12.8 Å². The highest BCUT2D eigenvalue weighted by Gasteiger charge is 2.24. The molecular formula is C23H19N5. The Kier molecular flexibility index (Phi) is 4.02. The van der Waals surface area contributed by atoms with E-state index in [1.165, 1.54) is 5.56 Å². The van der Waals surface area contributed by atoms with E-state index >= 15 is 0 Å². The van der Waals surface area contributed by atoms with Crippen LogP contribution in [0.25, 0.3) is 16.7 Å². The second-order valence-corrected chi connectivity index (χ2v) is 7.04. The Labute approximate surface area is 162 Å². The van der Waals surface area contributed by atoms with Gasteiger partial charge in [-0.2, -0.15) is 10.4 Å². The summed E-state index contributed by atoms with van der Waals surface area (Å²) in [5, 5.41) is 14.4. The number of benzene rings is 2. The van der Waals surface area contributed by atoms with Crippen molar-refractivity contribution in [3.05, 3.63) is 76.9 Å². The highest BCUT2D eigenvalue weighted by molar-refractivity contribution is 5.87. The molecule has 2 aromatic heterocycles. The molecule has 1 N–H and O–H groups in total. The number of nitrogens with one attached hydrogen (secondary N) is 1. The van der Waals surface area contributed by atoms with Gasteiger partial charge in [-0.15, -0.1) is 0 Å². The van der Waals surface area contributed by atoms with Gasteiger partial charge in [0.1, 0.15) is 11.9 Å². The zero-order valence-electron chi connectivity index (χ0n) is 15.4. The van der Waals surface area contributed by atoms with Gasteiger partial charge >= 0.3 is 0 Å². The molecule has 0 unspecified atom stereocenters. The van der Waals surface area contributed by atoms with Crippen LogP contribution in [0.2, 0.25) is 0 Å². The molecule has 0 fully saturated rings. The molecule has 4 aromatic rings.